The Balaban J connectivity index is 1.57. The van der Waals surface area contributed by atoms with Crippen molar-refractivity contribution in [1.29, 1.82) is 0 Å². The van der Waals surface area contributed by atoms with E-state index in [0.717, 1.165) is 5.69 Å². The molecule has 1 aliphatic rings. The predicted molar refractivity (Wildman–Crippen MR) is 84.7 cm³/mol. The van der Waals surface area contributed by atoms with Crippen molar-refractivity contribution < 1.29 is 0 Å². The molecule has 0 atom stereocenters. The van der Waals surface area contributed by atoms with Crippen molar-refractivity contribution >= 4 is 5.69 Å². The van der Waals surface area contributed by atoms with Gasteiger partial charge in [-0.25, -0.2) is 0 Å². The summed E-state index contributed by atoms with van der Waals surface area (Å²) in [6.45, 7) is 6.92. The lowest BCUT2D eigenvalue weighted by atomic mass is 10.0. The number of benzene rings is 1. The quantitative estimate of drug-likeness (QED) is 0.938. The van der Waals surface area contributed by atoms with Crippen molar-refractivity contribution in [2.24, 2.45) is 0 Å². The van der Waals surface area contributed by atoms with Gasteiger partial charge in [-0.15, -0.1) is 0 Å². The van der Waals surface area contributed by atoms with E-state index in [4.69, 9.17) is 0 Å². The summed E-state index contributed by atoms with van der Waals surface area (Å²) in [5.74, 6) is 0. The Morgan fingerprint density at radius 1 is 1.05 bits per heavy atom. The second-order valence-corrected chi connectivity index (χ2v) is 5.91. The zero-order valence-corrected chi connectivity index (χ0v) is 12.7. The van der Waals surface area contributed by atoms with Gasteiger partial charge >= 0.3 is 0 Å². The maximum atomic E-state index is 4.14. The molecule has 0 aliphatic carbocycles. The molecule has 5 heteroatoms. The summed E-state index contributed by atoms with van der Waals surface area (Å²) in [6, 6.07) is 9.54. The van der Waals surface area contributed by atoms with Gasteiger partial charge in [0.15, 0.2) is 0 Å². The van der Waals surface area contributed by atoms with Crippen LogP contribution in [0.3, 0.4) is 0 Å². The Labute approximate surface area is 126 Å². The van der Waals surface area contributed by atoms with Crippen molar-refractivity contribution in [2.75, 3.05) is 18.4 Å². The van der Waals surface area contributed by atoms with Gasteiger partial charge in [0, 0.05) is 30.9 Å². The minimum Gasteiger partial charge on any atom is -0.382 e. The number of aromatic nitrogens is 3. The van der Waals surface area contributed by atoms with Crippen LogP contribution in [-0.4, -0.2) is 45.1 Å². The number of nitrogens with one attached hydrogen (secondary N) is 1. The van der Waals surface area contributed by atoms with E-state index in [9.17, 15) is 0 Å². The van der Waals surface area contributed by atoms with Crippen molar-refractivity contribution in [3.05, 3.63) is 36.7 Å². The topological polar surface area (TPSA) is 46.0 Å². The summed E-state index contributed by atoms with van der Waals surface area (Å²) >= 11 is 0. The smallest absolute Gasteiger partial charge is 0.0858 e. The lowest BCUT2D eigenvalue weighted by Gasteiger charge is -2.35. The molecule has 0 spiro atoms. The fourth-order valence-electron chi connectivity index (χ4n) is 2.84. The lowest BCUT2D eigenvalue weighted by Crippen LogP contribution is -2.42. The number of piperidine rings is 1. The van der Waals surface area contributed by atoms with Crippen LogP contribution >= 0.6 is 0 Å². The van der Waals surface area contributed by atoms with Gasteiger partial charge in [-0.1, -0.05) is 0 Å². The molecule has 5 nitrogen and oxygen atoms in total. The first kappa shape index (κ1) is 14.1. The van der Waals surface area contributed by atoms with Crippen LogP contribution < -0.4 is 5.32 Å². The van der Waals surface area contributed by atoms with Crippen LogP contribution in [0.5, 0.6) is 0 Å². The van der Waals surface area contributed by atoms with E-state index in [1.807, 2.05) is 12.1 Å². The summed E-state index contributed by atoms with van der Waals surface area (Å²) in [6.07, 6.45) is 5.80. The zero-order valence-electron chi connectivity index (χ0n) is 12.7. The van der Waals surface area contributed by atoms with Gasteiger partial charge in [0.25, 0.3) is 0 Å². The van der Waals surface area contributed by atoms with E-state index < -0.39 is 0 Å². The monoisotopic (exact) mass is 285 g/mol. The predicted octanol–water partition coefficient (Wildman–Crippen LogP) is 2.55. The van der Waals surface area contributed by atoms with Gasteiger partial charge in [-0.2, -0.15) is 15.0 Å². The highest BCUT2D eigenvalue weighted by Gasteiger charge is 2.20. The molecule has 2 heterocycles. The van der Waals surface area contributed by atoms with Gasteiger partial charge in [0.2, 0.25) is 0 Å². The molecule has 2 aromatic rings. The van der Waals surface area contributed by atoms with E-state index in [2.05, 4.69) is 46.4 Å². The average Bonchev–Trinajstić information content (AvgIpc) is 3.03. The van der Waals surface area contributed by atoms with Crippen LogP contribution in [-0.2, 0) is 0 Å². The van der Waals surface area contributed by atoms with Crippen molar-refractivity contribution in [3.63, 3.8) is 0 Å². The van der Waals surface area contributed by atoms with Crippen molar-refractivity contribution in [1.82, 2.24) is 19.9 Å². The molecule has 1 saturated heterocycles. The standard InChI is InChI=1S/C16H23N5/c1-13(2)20-11-7-15(8-12-20)19-14-3-5-16(6-4-14)21-17-9-10-18-21/h3-6,9-10,13,15,19H,7-8,11-12H2,1-2H3. The zero-order chi connectivity index (χ0) is 14.7. The van der Waals surface area contributed by atoms with E-state index in [1.165, 1.54) is 31.6 Å². The molecule has 21 heavy (non-hydrogen) atoms. The summed E-state index contributed by atoms with van der Waals surface area (Å²) in [7, 11) is 0. The first-order valence-electron chi connectivity index (χ1n) is 7.70. The van der Waals surface area contributed by atoms with Gasteiger partial charge in [0.1, 0.15) is 0 Å². The maximum Gasteiger partial charge on any atom is 0.0858 e. The number of hydrogen-bond acceptors (Lipinski definition) is 4. The molecular formula is C16H23N5. The van der Waals surface area contributed by atoms with Crippen LogP contribution in [0.1, 0.15) is 26.7 Å². The molecule has 1 aromatic carbocycles. The van der Waals surface area contributed by atoms with Crippen LogP contribution in [0, 0.1) is 0 Å². The third-order valence-corrected chi connectivity index (χ3v) is 4.15. The fraction of sp³-hybridized carbons (Fsp3) is 0.500. The molecule has 3 rings (SSSR count). The minimum absolute atomic E-state index is 0.577. The van der Waals surface area contributed by atoms with Crippen LogP contribution in [0.2, 0.25) is 0 Å². The average molecular weight is 285 g/mol. The van der Waals surface area contributed by atoms with Crippen LogP contribution in [0.4, 0.5) is 5.69 Å². The normalized spacial score (nSPS) is 17.3. The van der Waals surface area contributed by atoms with Gasteiger partial charge in [-0.05, 0) is 51.0 Å². The maximum absolute atomic E-state index is 4.14. The third-order valence-electron chi connectivity index (χ3n) is 4.15. The Kier molecular flexibility index (Phi) is 4.20. The molecule has 0 bridgehead atoms. The molecule has 1 N–H and O–H groups in total. The number of hydrogen-bond donors (Lipinski definition) is 1. The molecule has 0 amide bonds. The van der Waals surface area contributed by atoms with Gasteiger partial charge < -0.3 is 10.2 Å². The Morgan fingerprint density at radius 2 is 1.67 bits per heavy atom. The molecular weight excluding hydrogens is 262 g/mol. The van der Waals surface area contributed by atoms with E-state index in [1.54, 1.807) is 17.2 Å². The third kappa shape index (κ3) is 3.42. The van der Waals surface area contributed by atoms with E-state index in [0.29, 0.717) is 12.1 Å². The Bertz CT molecular complexity index is 539. The van der Waals surface area contributed by atoms with E-state index in [-0.39, 0.29) is 0 Å². The molecule has 1 aliphatic heterocycles. The Hall–Kier alpha value is -1.88. The molecule has 1 fully saturated rings. The second-order valence-electron chi connectivity index (χ2n) is 5.91. The molecule has 0 unspecified atom stereocenters. The summed E-state index contributed by atoms with van der Waals surface area (Å²) < 4.78 is 0. The number of rotatable bonds is 4. The number of nitrogens with zero attached hydrogens (tertiary/aromatic N) is 4. The highest BCUT2D eigenvalue weighted by atomic mass is 15.5. The van der Waals surface area contributed by atoms with Crippen LogP contribution in [0.25, 0.3) is 5.69 Å². The first-order chi connectivity index (χ1) is 10.2. The summed E-state index contributed by atoms with van der Waals surface area (Å²) in [5, 5.41) is 11.9. The molecule has 1 aromatic heterocycles. The van der Waals surface area contributed by atoms with Crippen LogP contribution in [0.15, 0.2) is 36.7 Å². The number of anilines is 1. The molecule has 0 radical (unpaired) electrons. The van der Waals surface area contributed by atoms with Crippen molar-refractivity contribution in [2.45, 2.75) is 38.8 Å². The van der Waals surface area contributed by atoms with E-state index >= 15 is 0 Å². The molecule has 112 valence electrons. The summed E-state index contributed by atoms with van der Waals surface area (Å²) in [4.78, 5) is 4.18. The van der Waals surface area contributed by atoms with Gasteiger partial charge in [0.05, 0.1) is 18.1 Å². The fourth-order valence-corrected chi connectivity index (χ4v) is 2.84. The SMILES string of the molecule is CC(C)N1CCC(Nc2ccc(-n3nccn3)cc2)CC1. The largest absolute Gasteiger partial charge is 0.382 e. The highest BCUT2D eigenvalue weighted by molar-refractivity contribution is 5.48. The number of likely N-dealkylation sites (tertiary alicyclic amines) is 1. The Morgan fingerprint density at radius 3 is 2.24 bits per heavy atom. The lowest BCUT2D eigenvalue weighted by molar-refractivity contribution is 0.177. The van der Waals surface area contributed by atoms with Crippen molar-refractivity contribution in [3.8, 4) is 5.69 Å². The second kappa shape index (κ2) is 6.26. The first-order valence-corrected chi connectivity index (χ1v) is 7.70. The summed E-state index contributed by atoms with van der Waals surface area (Å²) in [5.41, 5.74) is 2.16. The minimum atomic E-state index is 0.577. The molecule has 0 saturated carbocycles. The highest BCUT2D eigenvalue weighted by Crippen LogP contribution is 2.19. The van der Waals surface area contributed by atoms with Gasteiger partial charge in [-0.3, -0.25) is 0 Å².